The second kappa shape index (κ2) is 14.0. The highest BCUT2D eigenvalue weighted by atomic mass is 16.2. The van der Waals surface area contributed by atoms with E-state index < -0.39 is 0 Å². The van der Waals surface area contributed by atoms with E-state index in [1.807, 2.05) is 86.7 Å². The third-order valence-electron chi connectivity index (χ3n) is 5.17. The van der Waals surface area contributed by atoms with Crippen molar-refractivity contribution < 1.29 is 9.59 Å². The lowest BCUT2D eigenvalue weighted by molar-refractivity contribution is 0.0945. The molecule has 2 amide bonds. The van der Waals surface area contributed by atoms with Gasteiger partial charge in [-0.1, -0.05) is 48.6 Å². The fraction of sp³-hybridized carbons (Fsp3) is 0.333. The van der Waals surface area contributed by atoms with Crippen molar-refractivity contribution in [3.05, 3.63) is 82.2 Å². The number of hydrogen-bond acceptors (Lipinski definition) is 3. The van der Waals surface area contributed by atoms with E-state index in [4.69, 9.17) is 0 Å². The zero-order valence-corrected chi connectivity index (χ0v) is 19.4. The molecular formula is C27H35N3O2. The van der Waals surface area contributed by atoms with E-state index in [0.29, 0.717) is 24.2 Å². The normalized spacial score (nSPS) is 12.5. The summed E-state index contributed by atoms with van der Waals surface area (Å²) in [5.74, 6) is -0.0821. The van der Waals surface area contributed by atoms with Gasteiger partial charge < -0.3 is 15.5 Å². The van der Waals surface area contributed by atoms with Gasteiger partial charge in [0, 0.05) is 24.2 Å². The first-order valence-corrected chi connectivity index (χ1v) is 11.2. The van der Waals surface area contributed by atoms with Crippen LogP contribution in [0.2, 0.25) is 0 Å². The highest BCUT2D eigenvalue weighted by molar-refractivity contribution is 5.94. The highest BCUT2D eigenvalue weighted by Gasteiger charge is 2.06. The van der Waals surface area contributed by atoms with Gasteiger partial charge in [-0.15, -0.1) is 0 Å². The zero-order valence-electron chi connectivity index (χ0n) is 19.4. The Labute approximate surface area is 191 Å². The van der Waals surface area contributed by atoms with Crippen LogP contribution in [0.3, 0.4) is 0 Å². The van der Waals surface area contributed by atoms with Crippen molar-refractivity contribution in [1.29, 1.82) is 0 Å². The maximum atomic E-state index is 12.5. The average Bonchev–Trinajstić information content (AvgIpc) is 2.83. The second-order valence-corrected chi connectivity index (χ2v) is 7.71. The Hall–Kier alpha value is -3.18. The molecule has 0 fully saturated rings. The van der Waals surface area contributed by atoms with Crippen LogP contribution in [0, 0.1) is 0 Å². The van der Waals surface area contributed by atoms with Crippen LogP contribution < -0.4 is 21.1 Å². The van der Waals surface area contributed by atoms with E-state index in [-0.39, 0.29) is 11.8 Å². The number of benzene rings is 2. The molecule has 2 aromatic carbocycles. The quantitative estimate of drug-likeness (QED) is 0.536. The Morgan fingerprint density at radius 2 is 1.47 bits per heavy atom. The summed E-state index contributed by atoms with van der Waals surface area (Å²) in [6.45, 7) is 7.02. The van der Waals surface area contributed by atoms with Crippen molar-refractivity contribution in [2.75, 3.05) is 33.2 Å². The number of nitrogens with zero attached hydrogens (tertiary/aromatic N) is 1. The molecule has 0 aliphatic carbocycles. The van der Waals surface area contributed by atoms with Gasteiger partial charge in [0.05, 0.1) is 0 Å². The SMILES string of the molecule is C\C=C/C=c1/cc(C(=O)NCCCN(C)CCCNC(=O)c2ccccc2)cc/c1=C/C. The third-order valence-corrected chi connectivity index (χ3v) is 5.17. The first kappa shape index (κ1) is 25.1. The van der Waals surface area contributed by atoms with Crippen LogP contribution in [0.4, 0.5) is 0 Å². The molecule has 0 radical (unpaired) electrons. The molecule has 2 rings (SSSR count). The van der Waals surface area contributed by atoms with Crippen LogP contribution in [0.5, 0.6) is 0 Å². The Morgan fingerprint density at radius 1 is 0.844 bits per heavy atom. The van der Waals surface area contributed by atoms with Gasteiger partial charge in [-0.05, 0) is 81.5 Å². The molecule has 5 nitrogen and oxygen atoms in total. The summed E-state index contributed by atoms with van der Waals surface area (Å²) in [6.07, 6.45) is 9.76. The largest absolute Gasteiger partial charge is 0.352 e. The molecule has 2 N–H and O–H groups in total. The average molecular weight is 434 g/mol. The standard InChI is InChI=1S/C27H35N3O2/c1-4-6-12-24-21-25(16-15-22(24)5-2)27(32)29-18-11-20-30(3)19-10-17-28-26(31)23-13-8-7-9-14-23/h4-9,12-16,21H,10-11,17-20H2,1-3H3,(H,28,31)(H,29,32)/b6-4-,22-5-,24-12-. The second-order valence-electron chi connectivity index (χ2n) is 7.71. The lowest BCUT2D eigenvalue weighted by Crippen LogP contribution is -2.32. The van der Waals surface area contributed by atoms with Gasteiger partial charge in [-0.25, -0.2) is 0 Å². The minimum atomic E-state index is -0.0472. The van der Waals surface area contributed by atoms with Crippen LogP contribution >= 0.6 is 0 Å². The number of nitrogens with one attached hydrogen (secondary N) is 2. The molecule has 170 valence electrons. The molecule has 0 unspecified atom stereocenters. The van der Waals surface area contributed by atoms with Crippen molar-refractivity contribution in [3.8, 4) is 0 Å². The first-order chi connectivity index (χ1) is 15.5. The van der Waals surface area contributed by atoms with E-state index in [2.05, 4.69) is 22.6 Å². The summed E-state index contributed by atoms with van der Waals surface area (Å²) < 4.78 is 0. The summed E-state index contributed by atoms with van der Waals surface area (Å²) in [6, 6.07) is 15.0. The molecular weight excluding hydrogens is 398 g/mol. The molecule has 2 aromatic rings. The van der Waals surface area contributed by atoms with Gasteiger partial charge in [0.15, 0.2) is 0 Å². The maximum absolute atomic E-state index is 12.5. The van der Waals surface area contributed by atoms with Gasteiger partial charge in [-0.2, -0.15) is 0 Å². The number of allylic oxidation sites excluding steroid dienone is 2. The smallest absolute Gasteiger partial charge is 0.251 e. The Bertz CT molecular complexity index is 1010. The minimum absolute atomic E-state index is 0.0349. The maximum Gasteiger partial charge on any atom is 0.251 e. The lowest BCUT2D eigenvalue weighted by atomic mass is 10.1. The van der Waals surface area contributed by atoms with Crippen molar-refractivity contribution in [3.63, 3.8) is 0 Å². The Morgan fingerprint density at radius 3 is 2.06 bits per heavy atom. The first-order valence-electron chi connectivity index (χ1n) is 11.2. The summed E-state index contributed by atoms with van der Waals surface area (Å²) in [5, 5.41) is 8.11. The summed E-state index contributed by atoms with van der Waals surface area (Å²) in [7, 11) is 2.06. The Kier molecular flexibility index (Phi) is 11.0. The molecule has 0 aliphatic heterocycles. The molecule has 32 heavy (non-hydrogen) atoms. The van der Waals surface area contributed by atoms with Crippen molar-refractivity contribution in [1.82, 2.24) is 15.5 Å². The van der Waals surface area contributed by atoms with Gasteiger partial charge in [0.2, 0.25) is 0 Å². The van der Waals surface area contributed by atoms with Crippen molar-refractivity contribution in [2.45, 2.75) is 26.7 Å². The van der Waals surface area contributed by atoms with Crippen molar-refractivity contribution >= 4 is 24.0 Å². The molecule has 0 heterocycles. The predicted octanol–water partition coefficient (Wildman–Crippen LogP) is 2.72. The molecule has 0 saturated heterocycles. The summed E-state index contributed by atoms with van der Waals surface area (Å²) >= 11 is 0. The molecule has 0 saturated carbocycles. The monoisotopic (exact) mass is 433 g/mol. The number of carbonyl (C=O) groups is 2. The van der Waals surface area contributed by atoms with Crippen LogP contribution in [0.1, 0.15) is 47.4 Å². The minimum Gasteiger partial charge on any atom is -0.352 e. The van der Waals surface area contributed by atoms with Gasteiger partial charge in [0.25, 0.3) is 11.8 Å². The van der Waals surface area contributed by atoms with Crippen LogP contribution in [-0.2, 0) is 0 Å². The summed E-state index contributed by atoms with van der Waals surface area (Å²) in [5.41, 5.74) is 1.36. The number of rotatable bonds is 11. The molecule has 0 aliphatic rings. The van der Waals surface area contributed by atoms with E-state index >= 15 is 0 Å². The molecule has 0 bridgehead atoms. The third kappa shape index (κ3) is 8.52. The van der Waals surface area contributed by atoms with Gasteiger partial charge >= 0.3 is 0 Å². The van der Waals surface area contributed by atoms with Gasteiger partial charge in [0.1, 0.15) is 0 Å². The van der Waals surface area contributed by atoms with Crippen LogP contribution in [-0.4, -0.2) is 49.9 Å². The molecule has 0 atom stereocenters. The van der Waals surface area contributed by atoms with E-state index in [1.165, 1.54) is 0 Å². The predicted molar refractivity (Wildman–Crippen MR) is 133 cm³/mol. The highest BCUT2D eigenvalue weighted by Crippen LogP contribution is 1.98. The number of carbonyl (C=O) groups excluding carboxylic acids is 2. The van der Waals surface area contributed by atoms with Crippen molar-refractivity contribution in [2.24, 2.45) is 0 Å². The van der Waals surface area contributed by atoms with E-state index in [9.17, 15) is 9.59 Å². The zero-order chi connectivity index (χ0) is 23.2. The lowest BCUT2D eigenvalue weighted by Gasteiger charge is -2.16. The summed E-state index contributed by atoms with van der Waals surface area (Å²) in [4.78, 5) is 26.7. The Balaban J connectivity index is 1.67. The topological polar surface area (TPSA) is 61.4 Å². The van der Waals surface area contributed by atoms with E-state index in [0.717, 1.165) is 36.4 Å². The van der Waals surface area contributed by atoms with Crippen LogP contribution in [0.25, 0.3) is 12.2 Å². The fourth-order valence-corrected chi connectivity index (χ4v) is 3.33. The fourth-order valence-electron chi connectivity index (χ4n) is 3.33. The molecule has 0 spiro atoms. The molecule has 0 aromatic heterocycles. The number of amides is 2. The van der Waals surface area contributed by atoms with Gasteiger partial charge in [-0.3, -0.25) is 9.59 Å². The molecule has 5 heteroatoms. The number of hydrogen-bond donors (Lipinski definition) is 2. The van der Waals surface area contributed by atoms with E-state index in [1.54, 1.807) is 0 Å². The van der Waals surface area contributed by atoms with Crippen LogP contribution in [0.15, 0.2) is 60.7 Å².